The Balaban J connectivity index is 2.20. The summed E-state index contributed by atoms with van der Waals surface area (Å²) in [6, 6.07) is 0. The Bertz CT molecular complexity index is 308. The van der Waals surface area contributed by atoms with E-state index in [0.29, 0.717) is 13.0 Å². The first-order valence-corrected chi connectivity index (χ1v) is 6.30. The fourth-order valence-corrected chi connectivity index (χ4v) is 3.03. The number of ether oxygens (including phenoxy) is 1. The summed E-state index contributed by atoms with van der Waals surface area (Å²) in [7, 11) is 0. The van der Waals surface area contributed by atoms with Crippen LogP contribution in [0.2, 0.25) is 0 Å². The molecule has 0 spiro atoms. The lowest BCUT2D eigenvalue weighted by molar-refractivity contribution is 0.0141. The van der Waals surface area contributed by atoms with Crippen LogP contribution in [0.4, 0.5) is 0 Å². The molecule has 78 valence electrons. The van der Waals surface area contributed by atoms with Gasteiger partial charge >= 0.3 is 0 Å². The molecule has 1 atom stereocenters. The molecule has 0 radical (unpaired) electrons. The van der Waals surface area contributed by atoms with E-state index in [9.17, 15) is 5.11 Å². The van der Waals surface area contributed by atoms with Gasteiger partial charge in [-0.15, -0.1) is 11.3 Å². The summed E-state index contributed by atoms with van der Waals surface area (Å²) in [5.74, 6) is 0. The van der Waals surface area contributed by atoms with Crippen LogP contribution in [-0.2, 0) is 10.3 Å². The van der Waals surface area contributed by atoms with Crippen molar-refractivity contribution >= 4 is 27.3 Å². The molecule has 14 heavy (non-hydrogen) atoms. The van der Waals surface area contributed by atoms with Crippen LogP contribution in [0.1, 0.15) is 24.3 Å². The quantitative estimate of drug-likeness (QED) is 0.857. The first-order valence-electron chi connectivity index (χ1n) is 4.62. The Labute approximate surface area is 95.3 Å². The summed E-state index contributed by atoms with van der Waals surface area (Å²) < 4.78 is 6.13. The van der Waals surface area contributed by atoms with Gasteiger partial charge in [-0.3, -0.25) is 0 Å². The Kier molecular flexibility index (Phi) is 3.21. The molecular weight excluding hydrogens is 266 g/mol. The Hall–Kier alpha value is 0.0300. The van der Waals surface area contributed by atoms with Gasteiger partial charge in [-0.2, -0.15) is 0 Å². The predicted octanol–water partition coefficient (Wildman–Crippen LogP) is 2.29. The number of hydrogen-bond donors (Lipinski definition) is 1. The highest BCUT2D eigenvalue weighted by molar-refractivity contribution is 9.10. The molecule has 1 aliphatic heterocycles. The lowest BCUT2D eigenvalue weighted by Crippen LogP contribution is -2.25. The molecule has 2 rings (SSSR count). The zero-order valence-electron chi connectivity index (χ0n) is 7.70. The molecule has 0 aliphatic carbocycles. The predicted molar refractivity (Wildman–Crippen MR) is 58.4 cm³/mol. The summed E-state index contributed by atoms with van der Waals surface area (Å²) in [6.07, 6.45) is 2.29. The fraction of sp³-hybridized carbons (Fsp3) is 0.667. The standard InChI is InChI=1S/C9H12BrNO2S/c10-7-6-14-8(11-7)9(12)2-1-4-13-5-3-9/h6,12H,1-5H2. The molecule has 2 heterocycles. The smallest absolute Gasteiger partial charge is 0.126 e. The van der Waals surface area contributed by atoms with Crippen molar-refractivity contribution in [2.75, 3.05) is 13.2 Å². The van der Waals surface area contributed by atoms with Gasteiger partial charge in [0.2, 0.25) is 0 Å². The molecule has 1 saturated heterocycles. The molecule has 1 aromatic rings. The topological polar surface area (TPSA) is 42.4 Å². The van der Waals surface area contributed by atoms with E-state index in [1.54, 1.807) is 0 Å². The molecule has 1 aliphatic rings. The third-order valence-electron chi connectivity index (χ3n) is 2.41. The normalized spacial score (nSPS) is 28.7. The van der Waals surface area contributed by atoms with Crippen molar-refractivity contribution in [3.05, 3.63) is 15.0 Å². The molecule has 0 aromatic carbocycles. The second kappa shape index (κ2) is 4.26. The molecule has 1 unspecified atom stereocenters. The number of aliphatic hydroxyl groups is 1. The summed E-state index contributed by atoms with van der Waals surface area (Å²) in [5, 5.41) is 13.1. The van der Waals surface area contributed by atoms with Crippen molar-refractivity contribution < 1.29 is 9.84 Å². The minimum absolute atomic E-state index is 0.619. The summed E-state index contributed by atoms with van der Waals surface area (Å²) >= 11 is 4.80. The van der Waals surface area contributed by atoms with Gasteiger partial charge in [-0.1, -0.05) is 0 Å². The van der Waals surface area contributed by atoms with Gasteiger partial charge in [0.1, 0.15) is 15.2 Å². The van der Waals surface area contributed by atoms with E-state index < -0.39 is 5.60 Å². The lowest BCUT2D eigenvalue weighted by Gasteiger charge is -2.22. The summed E-state index contributed by atoms with van der Waals surface area (Å²) in [4.78, 5) is 4.28. The second-order valence-corrected chi connectivity index (χ2v) is 5.14. The SMILES string of the molecule is OC1(c2nc(Br)cs2)CCCOCC1. The van der Waals surface area contributed by atoms with Crippen molar-refractivity contribution in [3.8, 4) is 0 Å². The Morgan fingerprint density at radius 3 is 3.07 bits per heavy atom. The third kappa shape index (κ3) is 2.16. The highest BCUT2D eigenvalue weighted by Crippen LogP contribution is 2.34. The summed E-state index contributed by atoms with van der Waals surface area (Å²) in [6.45, 7) is 1.36. The molecule has 0 amide bonds. The van der Waals surface area contributed by atoms with Crippen molar-refractivity contribution in [1.82, 2.24) is 4.98 Å². The number of rotatable bonds is 1. The van der Waals surface area contributed by atoms with E-state index in [-0.39, 0.29) is 0 Å². The first kappa shape index (κ1) is 10.5. The van der Waals surface area contributed by atoms with Gasteiger partial charge < -0.3 is 9.84 Å². The van der Waals surface area contributed by atoms with Gasteiger partial charge in [0, 0.05) is 25.0 Å². The van der Waals surface area contributed by atoms with Crippen LogP contribution in [0, 0.1) is 0 Å². The second-order valence-electron chi connectivity index (χ2n) is 3.47. The monoisotopic (exact) mass is 277 g/mol. The maximum absolute atomic E-state index is 10.4. The van der Waals surface area contributed by atoms with Gasteiger partial charge in [-0.05, 0) is 28.8 Å². The van der Waals surface area contributed by atoms with Crippen molar-refractivity contribution in [1.29, 1.82) is 0 Å². The maximum atomic E-state index is 10.4. The van der Waals surface area contributed by atoms with E-state index in [4.69, 9.17) is 4.74 Å². The van der Waals surface area contributed by atoms with E-state index in [2.05, 4.69) is 20.9 Å². The molecule has 0 bridgehead atoms. The fourth-order valence-electron chi connectivity index (χ4n) is 1.62. The molecular formula is C9H12BrNO2S. The van der Waals surface area contributed by atoms with Crippen LogP contribution in [0.15, 0.2) is 9.98 Å². The van der Waals surface area contributed by atoms with Crippen molar-refractivity contribution in [2.45, 2.75) is 24.9 Å². The van der Waals surface area contributed by atoms with Crippen LogP contribution < -0.4 is 0 Å². The van der Waals surface area contributed by atoms with Crippen LogP contribution >= 0.6 is 27.3 Å². The molecule has 1 fully saturated rings. The van der Waals surface area contributed by atoms with Gasteiger partial charge in [-0.25, -0.2) is 4.98 Å². The number of nitrogens with zero attached hydrogens (tertiary/aromatic N) is 1. The highest BCUT2D eigenvalue weighted by Gasteiger charge is 2.33. The first-order chi connectivity index (χ1) is 6.71. The summed E-state index contributed by atoms with van der Waals surface area (Å²) in [5.41, 5.74) is -0.771. The number of thiazole rings is 1. The van der Waals surface area contributed by atoms with E-state index in [0.717, 1.165) is 29.1 Å². The molecule has 1 N–H and O–H groups in total. The largest absolute Gasteiger partial charge is 0.383 e. The van der Waals surface area contributed by atoms with Crippen LogP contribution in [-0.4, -0.2) is 23.3 Å². The van der Waals surface area contributed by atoms with E-state index in [1.807, 2.05) is 5.38 Å². The van der Waals surface area contributed by atoms with E-state index >= 15 is 0 Å². The van der Waals surface area contributed by atoms with Crippen LogP contribution in [0.25, 0.3) is 0 Å². The third-order valence-corrected chi connectivity index (χ3v) is 4.16. The molecule has 3 nitrogen and oxygen atoms in total. The van der Waals surface area contributed by atoms with Crippen molar-refractivity contribution in [3.63, 3.8) is 0 Å². The Morgan fingerprint density at radius 1 is 1.50 bits per heavy atom. The highest BCUT2D eigenvalue weighted by atomic mass is 79.9. The van der Waals surface area contributed by atoms with Crippen LogP contribution in [0.3, 0.4) is 0 Å². The average Bonchev–Trinajstić information content (AvgIpc) is 2.47. The molecule has 0 saturated carbocycles. The minimum Gasteiger partial charge on any atom is -0.383 e. The van der Waals surface area contributed by atoms with Gasteiger partial charge in [0.05, 0.1) is 0 Å². The number of halogens is 1. The maximum Gasteiger partial charge on any atom is 0.126 e. The molecule has 5 heteroatoms. The number of aromatic nitrogens is 1. The van der Waals surface area contributed by atoms with E-state index in [1.165, 1.54) is 11.3 Å². The minimum atomic E-state index is -0.771. The zero-order chi connectivity index (χ0) is 10.0. The molecule has 1 aromatic heterocycles. The zero-order valence-corrected chi connectivity index (χ0v) is 10.1. The van der Waals surface area contributed by atoms with Gasteiger partial charge in [0.15, 0.2) is 0 Å². The average molecular weight is 278 g/mol. The lowest BCUT2D eigenvalue weighted by atomic mass is 9.96. The number of hydrogen-bond acceptors (Lipinski definition) is 4. The Morgan fingerprint density at radius 2 is 2.36 bits per heavy atom. The van der Waals surface area contributed by atoms with Crippen molar-refractivity contribution in [2.24, 2.45) is 0 Å². The van der Waals surface area contributed by atoms with Gasteiger partial charge in [0.25, 0.3) is 0 Å². The van der Waals surface area contributed by atoms with Crippen LogP contribution in [0.5, 0.6) is 0 Å².